The lowest BCUT2D eigenvalue weighted by atomic mass is 9.99. The molecular formula is C45H76O12S. The standard InChI is InChI=1S/C45H76O12S/c1-3-5-7-9-11-13-15-17-18-19-20-21-22-23-24-26-28-30-32-34-41(47)55-39(37-53-35-33-31-29-27-25-16-14-12-10-8-6-4-2)38-54-45-43(49)44(57-58(50,51)52)42(48)40(36-46)56-45/h5,7,11,13,17-18,20-21,23-24,28,30,39-40,42-46,48-49H,3-4,6,8-10,12,14-16,19,22,25-27,29,31-38H2,1-2H3,(H,50,51,52)/b7-5-,13-11-,18-17-,21-20-,24-23-,30-28-. The van der Waals surface area contributed by atoms with E-state index in [1.165, 1.54) is 57.8 Å². The van der Waals surface area contributed by atoms with Crippen LogP contribution in [0.1, 0.15) is 142 Å². The van der Waals surface area contributed by atoms with E-state index in [1.54, 1.807) is 0 Å². The van der Waals surface area contributed by atoms with E-state index in [0.717, 1.165) is 57.8 Å². The van der Waals surface area contributed by atoms with Crippen molar-refractivity contribution in [1.29, 1.82) is 0 Å². The predicted molar refractivity (Wildman–Crippen MR) is 229 cm³/mol. The quantitative estimate of drug-likeness (QED) is 0.0204. The largest absolute Gasteiger partial charge is 0.457 e. The molecule has 6 atom stereocenters. The fraction of sp³-hybridized carbons (Fsp3) is 0.711. The second-order valence-electron chi connectivity index (χ2n) is 14.6. The number of ether oxygens (including phenoxy) is 4. The van der Waals surface area contributed by atoms with Crippen molar-refractivity contribution in [2.45, 2.75) is 179 Å². The SMILES string of the molecule is CC/C=C\C/C=C\C/C=C\C/C=C\C/C=C\C/C=C\CCC(=O)OC(COCCCCCCCCCCCCCC)COC1OC(CO)C(O)C(OS(=O)(=O)O)C1O. The van der Waals surface area contributed by atoms with E-state index >= 15 is 0 Å². The minimum Gasteiger partial charge on any atom is -0.457 e. The molecule has 334 valence electrons. The summed E-state index contributed by atoms with van der Waals surface area (Å²) in [5.74, 6) is -0.483. The highest BCUT2D eigenvalue weighted by Crippen LogP contribution is 2.26. The molecule has 1 heterocycles. The Balaban J connectivity index is 2.51. The molecule has 4 N–H and O–H groups in total. The first-order valence-electron chi connectivity index (χ1n) is 21.7. The van der Waals surface area contributed by atoms with E-state index in [0.29, 0.717) is 13.0 Å². The van der Waals surface area contributed by atoms with Gasteiger partial charge in [0.2, 0.25) is 0 Å². The highest BCUT2D eigenvalue weighted by molar-refractivity contribution is 7.80. The average Bonchev–Trinajstić information content (AvgIpc) is 3.19. The molecule has 0 bridgehead atoms. The molecule has 1 rings (SSSR count). The van der Waals surface area contributed by atoms with Crippen LogP contribution in [0.3, 0.4) is 0 Å². The summed E-state index contributed by atoms with van der Waals surface area (Å²) in [6.07, 6.45) is 36.6. The first-order chi connectivity index (χ1) is 28.1. The van der Waals surface area contributed by atoms with Crippen LogP contribution >= 0.6 is 0 Å². The molecule has 0 spiro atoms. The van der Waals surface area contributed by atoms with E-state index in [1.807, 2.05) is 12.2 Å². The summed E-state index contributed by atoms with van der Waals surface area (Å²) in [5.41, 5.74) is 0. The fourth-order valence-corrected chi connectivity index (χ4v) is 6.62. The topological polar surface area (TPSA) is 178 Å². The molecule has 1 fully saturated rings. The smallest absolute Gasteiger partial charge is 0.397 e. The van der Waals surface area contributed by atoms with Crippen LogP contribution in [0.15, 0.2) is 72.9 Å². The molecule has 13 heteroatoms. The molecule has 0 radical (unpaired) electrons. The second-order valence-corrected chi connectivity index (χ2v) is 15.6. The molecule has 1 aliphatic heterocycles. The Kier molecular flexibility index (Phi) is 33.6. The minimum absolute atomic E-state index is 0.00347. The zero-order chi connectivity index (χ0) is 42.5. The van der Waals surface area contributed by atoms with Gasteiger partial charge in [0, 0.05) is 13.0 Å². The van der Waals surface area contributed by atoms with Gasteiger partial charge in [-0.25, -0.2) is 4.18 Å². The third kappa shape index (κ3) is 29.7. The van der Waals surface area contributed by atoms with E-state index in [2.05, 4.69) is 78.8 Å². The lowest BCUT2D eigenvalue weighted by Crippen LogP contribution is -2.60. The van der Waals surface area contributed by atoms with Gasteiger partial charge >= 0.3 is 16.4 Å². The molecule has 12 nitrogen and oxygen atoms in total. The van der Waals surface area contributed by atoms with Crippen molar-refractivity contribution in [1.82, 2.24) is 0 Å². The normalized spacial score (nSPS) is 21.2. The van der Waals surface area contributed by atoms with Crippen LogP contribution in [0, 0.1) is 0 Å². The Hall–Kier alpha value is -2.46. The van der Waals surface area contributed by atoms with Crippen LogP contribution in [0.2, 0.25) is 0 Å². The molecule has 0 saturated carbocycles. The summed E-state index contributed by atoms with van der Waals surface area (Å²) in [6.45, 7) is 3.76. The maximum Gasteiger partial charge on any atom is 0.397 e. The number of allylic oxidation sites excluding steroid dienone is 12. The summed E-state index contributed by atoms with van der Waals surface area (Å²) >= 11 is 0. The zero-order valence-electron chi connectivity index (χ0n) is 35.3. The Morgan fingerprint density at radius 3 is 1.64 bits per heavy atom. The molecule has 0 aromatic carbocycles. The van der Waals surface area contributed by atoms with E-state index in [-0.39, 0.29) is 19.6 Å². The van der Waals surface area contributed by atoms with Gasteiger partial charge in [-0.3, -0.25) is 9.35 Å². The molecule has 1 aliphatic rings. The van der Waals surface area contributed by atoms with Crippen molar-refractivity contribution in [3.05, 3.63) is 72.9 Å². The number of hydrogen-bond donors (Lipinski definition) is 4. The van der Waals surface area contributed by atoms with Crippen LogP contribution in [0.4, 0.5) is 0 Å². The van der Waals surface area contributed by atoms with Crippen LogP contribution in [-0.4, -0.2) is 97.5 Å². The number of carbonyl (C=O) groups is 1. The number of aliphatic hydroxyl groups excluding tert-OH is 3. The van der Waals surface area contributed by atoms with Crippen molar-refractivity contribution in [3.63, 3.8) is 0 Å². The van der Waals surface area contributed by atoms with Crippen molar-refractivity contribution >= 4 is 16.4 Å². The molecule has 58 heavy (non-hydrogen) atoms. The van der Waals surface area contributed by atoms with E-state index in [9.17, 15) is 28.5 Å². The summed E-state index contributed by atoms with van der Waals surface area (Å²) < 4.78 is 58.8. The minimum atomic E-state index is -5.07. The van der Waals surface area contributed by atoms with Gasteiger partial charge in [0.25, 0.3) is 0 Å². The Bertz CT molecular complexity index is 1290. The van der Waals surface area contributed by atoms with Crippen molar-refractivity contribution in [3.8, 4) is 0 Å². The number of esters is 1. The van der Waals surface area contributed by atoms with Gasteiger partial charge in [0.15, 0.2) is 6.29 Å². The number of unbranched alkanes of at least 4 members (excludes halogenated alkanes) is 11. The summed E-state index contributed by atoms with van der Waals surface area (Å²) in [7, 11) is -5.07. The van der Waals surface area contributed by atoms with Gasteiger partial charge < -0.3 is 34.3 Å². The number of hydrogen-bond acceptors (Lipinski definition) is 11. The van der Waals surface area contributed by atoms with Crippen LogP contribution in [0.25, 0.3) is 0 Å². The van der Waals surface area contributed by atoms with E-state index < -0.39 is 59.8 Å². The first-order valence-corrected chi connectivity index (χ1v) is 23.1. The lowest BCUT2D eigenvalue weighted by Gasteiger charge is -2.41. The number of carbonyl (C=O) groups excluding carboxylic acids is 1. The molecule has 6 unspecified atom stereocenters. The molecule has 0 aliphatic carbocycles. The van der Waals surface area contributed by atoms with Crippen molar-refractivity contribution in [2.24, 2.45) is 0 Å². The van der Waals surface area contributed by atoms with Gasteiger partial charge in [0.1, 0.15) is 30.5 Å². The van der Waals surface area contributed by atoms with Crippen molar-refractivity contribution < 1.29 is 56.2 Å². The van der Waals surface area contributed by atoms with Gasteiger partial charge in [-0.05, 0) is 51.4 Å². The molecule has 1 saturated heterocycles. The Morgan fingerprint density at radius 2 is 1.16 bits per heavy atom. The highest BCUT2D eigenvalue weighted by Gasteiger charge is 2.48. The van der Waals surface area contributed by atoms with Crippen LogP contribution < -0.4 is 0 Å². The molecule has 0 amide bonds. The maximum atomic E-state index is 12.8. The van der Waals surface area contributed by atoms with Gasteiger partial charge in [-0.2, -0.15) is 8.42 Å². The molecule has 0 aromatic heterocycles. The number of rotatable bonds is 36. The van der Waals surface area contributed by atoms with Crippen LogP contribution in [-0.2, 0) is 38.3 Å². The monoisotopic (exact) mass is 841 g/mol. The number of aliphatic hydroxyl groups is 3. The van der Waals surface area contributed by atoms with Gasteiger partial charge in [-0.1, -0.05) is 157 Å². The highest BCUT2D eigenvalue weighted by atomic mass is 32.3. The summed E-state index contributed by atoms with van der Waals surface area (Å²) in [4.78, 5) is 12.8. The van der Waals surface area contributed by atoms with Gasteiger partial charge in [-0.15, -0.1) is 0 Å². The Morgan fingerprint density at radius 1 is 0.672 bits per heavy atom. The fourth-order valence-electron chi connectivity index (χ4n) is 6.11. The summed E-state index contributed by atoms with van der Waals surface area (Å²) in [5, 5.41) is 30.6. The third-order valence-corrected chi connectivity index (χ3v) is 9.82. The van der Waals surface area contributed by atoms with Crippen LogP contribution in [0.5, 0.6) is 0 Å². The van der Waals surface area contributed by atoms with E-state index in [4.69, 9.17) is 23.5 Å². The third-order valence-electron chi connectivity index (χ3n) is 9.36. The molecular weight excluding hydrogens is 765 g/mol. The zero-order valence-corrected chi connectivity index (χ0v) is 36.1. The second kappa shape index (κ2) is 36.4. The van der Waals surface area contributed by atoms with Gasteiger partial charge in [0.05, 0.1) is 19.8 Å². The van der Waals surface area contributed by atoms with Crippen molar-refractivity contribution in [2.75, 3.05) is 26.4 Å². The first kappa shape index (κ1) is 53.6. The maximum absolute atomic E-state index is 12.8. The average molecular weight is 841 g/mol. The lowest BCUT2D eigenvalue weighted by molar-refractivity contribution is -0.301. The predicted octanol–water partition coefficient (Wildman–Crippen LogP) is 8.74. The summed E-state index contributed by atoms with van der Waals surface area (Å²) in [6, 6.07) is 0. The molecule has 0 aromatic rings. The Labute approximate surface area is 350 Å².